The standard InChI is InChI=1S/C22H17BrN2O/c1-25-21(16-10-8-15(9-11-16)14-6-7-14)12-18(19(13-24)22(25)26)17-4-2-3-5-20(17)23/h2-5,8-12,14H,6-7H2,1H3. The quantitative estimate of drug-likeness (QED) is 0.599. The highest BCUT2D eigenvalue weighted by Crippen LogP contribution is 2.40. The van der Waals surface area contributed by atoms with E-state index in [9.17, 15) is 10.1 Å². The lowest BCUT2D eigenvalue weighted by atomic mass is 9.98. The Morgan fingerprint density at radius 3 is 2.38 bits per heavy atom. The highest BCUT2D eigenvalue weighted by molar-refractivity contribution is 9.10. The van der Waals surface area contributed by atoms with E-state index in [-0.39, 0.29) is 11.1 Å². The second kappa shape index (κ2) is 6.59. The van der Waals surface area contributed by atoms with Crippen LogP contribution in [0.5, 0.6) is 0 Å². The van der Waals surface area contributed by atoms with Gasteiger partial charge in [0.15, 0.2) is 0 Å². The SMILES string of the molecule is Cn1c(-c2ccc(C3CC3)cc2)cc(-c2ccccc2Br)c(C#N)c1=O. The second-order valence-corrected chi connectivity index (χ2v) is 7.52. The third kappa shape index (κ3) is 2.89. The second-order valence-electron chi connectivity index (χ2n) is 6.67. The maximum absolute atomic E-state index is 12.8. The van der Waals surface area contributed by atoms with Gasteiger partial charge in [-0.15, -0.1) is 0 Å². The smallest absolute Gasteiger partial charge is 0.269 e. The number of nitrogens with zero attached hydrogens (tertiary/aromatic N) is 2. The number of nitriles is 1. The van der Waals surface area contributed by atoms with Crippen LogP contribution in [0, 0.1) is 11.3 Å². The average molecular weight is 405 g/mol. The highest BCUT2D eigenvalue weighted by atomic mass is 79.9. The summed E-state index contributed by atoms with van der Waals surface area (Å²) in [6, 6.07) is 20.1. The average Bonchev–Trinajstić information content (AvgIpc) is 3.50. The maximum Gasteiger partial charge on any atom is 0.269 e. The number of hydrogen-bond acceptors (Lipinski definition) is 2. The van der Waals surface area contributed by atoms with Crippen LogP contribution >= 0.6 is 15.9 Å². The first-order chi connectivity index (χ1) is 12.6. The molecule has 0 amide bonds. The molecule has 26 heavy (non-hydrogen) atoms. The van der Waals surface area contributed by atoms with Gasteiger partial charge in [-0.2, -0.15) is 5.26 Å². The van der Waals surface area contributed by atoms with Crippen molar-refractivity contribution in [3.05, 3.63) is 80.6 Å². The fourth-order valence-electron chi connectivity index (χ4n) is 3.32. The van der Waals surface area contributed by atoms with Gasteiger partial charge in [-0.1, -0.05) is 58.4 Å². The van der Waals surface area contributed by atoms with Gasteiger partial charge in [-0.05, 0) is 47.6 Å². The van der Waals surface area contributed by atoms with Crippen LogP contribution in [0.3, 0.4) is 0 Å². The molecule has 0 bridgehead atoms. The maximum atomic E-state index is 12.8. The normalized spacial score (nSPS) is 13.4. The molecule has 1 aromatic heterocycles. The summed E-state index contributed by atoms with van der Waals surface area (Å²) in [7, 11) is 1.72. The molecule has 0 spiro atoms. The number of benzene rings is 2. The largest absolute Gasteiger partial charge is 0.310 e. The summed E-state index contributed by atoms with van der Waals surface area (Å²) in [6.07, 6.45) is 2.53. The molecular weight excluding hydrogens is 388 g/mol. The van der Waals surface area contributed by atoms with E-state index >= 15 is 0 Å². The topological polar surface area (TPSA) is 45.8 Å². The number of hydrogen-bond donors (Lipinski definition) is 0. The fraction of sp³-hybridized carbons (Fsp3) is 0.182. The summed E-state index contributed by atoms with van der Waals surface area (Å²) < 4.78 is 2.42. The van der Waals surface area contributed by atoms with Crippen LogP contribution < -0.4 is 5.56 Å². The van der Waals surface area contributed by atoms with Crippen LogP contribution in [0.1, 0.15) is 29.9 Å². The molecule has 0 aliphatic heterocycles. The summed E-state index contributed by atoms with van der Waals surface area (Å²) in [5, 5.41) is 9.56. The van der Waals surface area contributed by atoms with E-state index in [0.717, 1.165) is 21.3 Å². The number of halogens is 1. The van der Waals surface area contributed by atoms with E-state index in [0.29, 0.717) is 11.5 Å². The predicted octanol–water partition coefficient (Wildman–Crippen LogP) is 5.23. The van der Waals surface area contributed by atoms with Gasteiger partial charge in [0.1, 0.15) is 11.6 Å². The third-order valence-corrected chi connectivity index (χ3v) is 5.65. The van der Waals surface area contributed by atoms with Crippen molar-refractivity contribution < 1.29 is 0 Å². The Hall–Kier alpha value is -2.64. The van der Waals surface area contributed by atoms with Crippen LogP contribution in [0.2, 0.25) is 0 Å². The van der Waals surface area contributed by atoms with Gasteiger partial charge in [-0.3, -0.25) is 4.79 Å². The van der Waals surface area contributed by atoms with Crippen LogP contribution in [-0.4, -0.2) is 4.57 Å². The molecule has 1 fully saturated rings. The Kier molecular flexibility index (Phi) is 4.26. The Labute approximate surface area is 160 Å². The molecule has 4 heteroatoms. The first kappa shape index (κ1) is 16.8. The first-order valence-electron chi connectivity index (χ1n) is 8.59. The lowest BCUT2D eigenvalue weighted by Gasteiger charge is -2.14. The zero-order valence-corrected chi connectivity index (χ0v) is 16.0. The van der Waals surface area contributed by atoms with Gasteiger partial charge < -0.3 is 4.57 Å². The molecule has 1 heterocycles. The van der Waals surface area contributed by atoms with Crippen molar-refractivity contribution in [1.82, 2.24) is 4.57 Å². The summed E-state index contributed by atoms with van der Waals surface area (Å²) in [5.74, 6) is 0.699. The van der Waals surface area contributed by atoms with Crippen molar-refractivity contribution in [3.8, 4) is 28.5 Å². The van der Waals surface area contributed by atoms with Gasteiger partial charge in [0.05, 0.1) is 5.69 Å². The first-order valence-corrected chi connectivity index (χ1v) is 9.39. The zero-order valence-electron chi connectivity index (χ0n) is 14.4. The van der Waals surface area contributed by atoms with Gasteiger partial charge in [0.2, 0.25) is 0 Å². The van der Waals surface area contributed by atoms with Crippen LogP contribution in [0.25, 0.3) is 22.4 Å². The van der Waals surface area contributed by atoms with Crippen molar-refractivity contribution in [2.45, 2.75) is 18.8 Å². The summed E-state index contributed by atoms with van der Waals surface area (Å²) in [5.41, 5.74) is 4.54. The number of rotatable bonds is 3. The molecule has 2 aromatic carbocycles. The highest BCUT2D eigenvalue weighted by Gasteiger charge is 2.23. The molecule has 3 aromatic rings. The van der Waals surface area contributed by atoms with Crippen molar-refractivity contribution in [2.24, 2.45) is 7.05 Å². The monoisotopic (exact) mass is 404 g/mol. The van der Waals surface area contributed by atoms with E-state index in [1.807, 2.05) is 30.3 Å². The van der Waals surface area contributed by atoms with Crippen molar-refractivity contribution in [3.63, 3.8) is 0 Å². The van der Waals surface area contributed by atoms with Crippen molar-refractivity contribution in [1.29, 1.82) is 5.26 Å². The molecule has 4 rings (SSSR count). The Bertz CT molecular complexity index is 1090. The van der Waals surface area contributed by atoms with E-state index in [1.54, 1.807) is 11.6 Å². The van der Waals surface area contributed by atoms with Crippen LogP contribution in [0.15, 0.2) is 63.9 Å². The molecule has 1 aliphatic carbocycles. The summed E-state index contributed by atoms with van der Waals surface area (Å²) in [4.78, 5) is 12.8. The fourth-order valence-corrected chi connectivity index (χ4v) is 3.82. The minimum absolute atomic E-state index is 0.165. The molecule has 0 N–H and O–H groups in total. The molecule has 1 saturated carbocycles. The minimum atomic E-state index is -0.276. The van der Waals surface area contributed by atoms with Crippen LogP contribution in [-0.2, 0) is 7.05 Å². The third-order valence-electron chi connectivity index (χ3n) is 4.96. The molecule has 0 atom stereocenters. The van der Waals surface area contributed by atoms with E-state index in [4.69, 9.17) is 0 Å². The number of aromatic nitrogens is 1. The Morgan fingerprint density at radius 1 is 1.08 bits per heavy atom. The van der Waals surface area contributed by atoms with E-state index in [2.05, 4.69) is 46.3 Å². The van der Waals surface area contributed by atoms with Gasteiger partial charge in [-0.25, -0.2) is 0 Å². The van der Waals surface area contributed by atoms with Gasteiger partial charge in [0, 0.05) is 17.1 Å². The summed E-state index contributed by atoms with van der Waals surface area (Å²) >= 11 is 3.53. The molecule has 128 valence electrons. The number of pyridine rings is 1. The van der Waals surface area contributed by atoms with Crippen molar-refractivity contribution in [2.75, 3.05) is 0 Å². The van der Waals surface area contributed by atoms with Gasteiger partial charge >= 0.3 is 0 Å². The molecule has 0 radical (unpaired) electrons. The lowest BCUT2D eigenvalue weighted by Crippen LogP contribution is -2.22. The summed E-state index contributed by atoms with van der Waals surface area (Å²) in [6.45, 7) is 0. The molecule has 0 unspecified atom stereocenters. The predicted molar refractivity (Wildman–Crippen MR) is 107 cm³/mol. The molecule has 1 aliphatic rings. The molecule has 3 nitrogen and oxygen atoms in total. The lowest BCUT2D eigenvalue weighted by molar-refractivity contribution is 0.866. The Morgan fingerprint density at radius 2 is 1.77 bits per heavy atom. The van der Waals surface area contributed by atoms with Crippen molar-refractivity contribution >= 4 is 15.9 Å². The van der Waals surface area contributed by atoms with Gasteiger partial charge in [0.25, 0.3) is 5.56 Å². The molecular formula is C22H17BrN2O. The zero-order chi connectivity index (χ0) is 18.3. The molecule has 0 saturated heterocycles. The van der Waals surface area contributed by atoms with E-state index in [1.165, 1.54) is 18.4 Å². The van der Waals surface area contributed by atoms with Crippen LogP contribution in [0.4, 0.5) is 0 Å². The Balaban J connectivity index is 1.92. The van der Waals surface area contributed by atoms with E-state index < -0.39 is 0 Å². The minimum Gasteiger partial charge on any atom is -0.310 e.